The van der Waals surface area contributed by atoms with Crippen molar-refractivity contribution in [2.24, 2.45) is 7.05 Å². The first-order valence-electron chi connectivity index (χ1n) is 3.53. The number of carbonyl (C=O) groups is 1. The first-order valence-corrected chi connectivity index (χ1v) is 5.13. The Morgan fingerprint density at radius 3 is 2.77 bits per heavy atom. The minimum atomic E-state index is -0.905. The van der Waals surface area contributed by atoms with E-state index in [1.807, 2.05) is 6.26 Å². The molecule has 0 unspecified atom stereocenters. The van der Waals surface area contributed by atoms with Crippen LogP contribution in [0.1, 0.15) is 5.69 Å². The van der Waals surface area contributed by atoms with E-state index in [1.54, 1.807) is 7.05 Å². The number of rotatable bonds is 3. The second kappa shape index (κ2) is 4.02. The van der Waals surface area contributed by atoms with Crippen LogP contribution < -0.4 is 0 Å². The molecule has 1 heterocycles. The third kappa shape index (κ3) is 2.16. The van der Waals surface area contributed by atoms with Gasteiger partial charge in [-0.1, -0.05) is 11.6 Å². The molecule has 6 heteroatoms. The van der Waals surface area contributed by atoms with E-state index in [0.717, 1.165) is 0 Å². The van der Waals surface area contributed by atoms with Gasteiger partial charge in [-0.15, -0.1) is 11.8 Å². The molecule has 0 aromatic carbocycles. The summed E-state index contributed by atoms with van der Waals surface area (Å²) >= 11 is 7.31. The molecule has 0 aliphatic heterocycles. The van der Waals surface area contributed by atoms with E-state index in [0.29, 0.717) is 15.7 Å². The second-order valence-corrected chi connectivity index (χ2v) is 3.64. The standard InChI is InChI=1S/C7H9ClN2O2S/c1-10-4(3-5(11)12)6(8)7(9-10)13-2/h3H2,1-2H3,(H,11,12). The number of aliphatic carboxylic acids is 1. The molecular formula is C7H9ClN2O2S. The van der Waals surface area contributed by atoms with Crippen LogP contribution in [0.15, 0.2) is 5.03 Å². The van der Waals surface area contributed by atoms with Gasteiger partial charge in [-0.3, -0.25) is 9.48 Å². The Bertz CT molecular complexity index is 337. The summed E-state index contributed by atoms with van der Waals surface area (Å²) in [5.74, 6) is -0.905. The molecule has 0 fully saturated rings. The van der Waals surface area contributed by atoms with Crippen LogP contribution in [0.2, 0.25) is 5.02 Å². The van der Waals surface area contributed by atoms with Crippen LogP contribution in [0.3, 0.4) is 0 Å². The predicted molar refractivity (Wildman–Crippen MR) is 51.3 cm³/mol. The smallest absolute Gasteiger partial charge is 0.309 e. The van der Waals surface area contributed by atoms with Crippen molar-refractivity contribution in [1.82, 2.24) is 9.78 Å². The number of carboxylic acids is 1. The summed E-state index contributed by atoms with van der Waals surface area (Å²) in [5, 5.41) is 13.8. The number of hydrogen-bond acceptors (Lipinski definition) is 3. The molecule has 1 aromatic rings. The Kier molecular flexibility index (Phi) is 3.22. The fraction of sp³-hybridized carbons (Fsp3) is 0.429. The van der Waals surface area contributed by atoms with Crippen LogP contribution in [-0.2, 0) is 18.3 Å². The van der Waals surface area contributed by atoms with Gasteiger partial charge in [-0.25, -0.2) is 0 Å². The highest BCUT2D eigenvalue weighted by atomic mass is 35.5. The van der Waals surface area contributed by atoms with Crippen LogP contribution >= 0.6 is 23.4 Å². The molecule has 13 heavy (non-hydrogen) atoms. The highest BCUT2D eigenvalue weighted by Crippen LogP contribution is 2.27. The normalized spacial score (nSPS) is 10.4. The Balaban J connectivity index is 3.05. The van der Waals surface area contributed by atoms with E-state index < -0.39 is 5.97 Å². The van der Waals surface area contributed by atoms with Crippen molar-refractivity contribution >= 4 is 29.3 Å². The third-order valence-corrected chi connectivity index (χ3v) is 2.77. The lowest BCUT2D eigenvalue weighted by Crippen LogP contribution is -2.06. The van der Waals surface area contributed by atoms with E-state index in [4.69, 9.17) is 16.7 Å². The number of aromatic nitrogens is 2. The van der Waals surface area contributed by atoms with Gasteiger partial charge >= 0.3 is 5.97 Å². The molecule has 0 aliphatic carbocycles. The molecule has 0 spiro atoms. The van der Waals surface area contributed by atoms with Gasteiger partial charge in [0.1, 0.15) is 5.03 Å². The number of aryl methyl sites for hydroxylation is 1. The zero-order valence-corrected chi connectivity index (χ0v) is 8.82. The van der Waals surface area contributed by atoms with Gasteiger partial charge in [0, 0.05) is 7.05 Å². The zero-order valence-electron chi connectivity index (χ0n) is 7.24. The van der Waals surface area contributed by atoms with Gasteiger partial charge in [0.25, 0.3) is 0 Å². The van der Waals surface area contributed by atoms with Gasteiger partial charge in [-0.05, 0) is 6.26 Å². The van der Waals surface area contributed by atoms with Crippen LogP contribution in [0.25, 0.3) is 0 Å². The Morgan fingerprint density at radius 2 is 2.38 bits per heavy atom. The summed E-state index contributed by atoms with van der Waals surface area (Å²) in [6, 6.07) is 0. The molecule has 1 aromatic heterocycles. The van der Waals surface area contributed by atoms with Crippen molar-refractivity contribution in [3.63, 3.8) is 0 Å². The molecule has 0 amide bonds. The number of thioether (sulfide) groups is 1. The van der Waals surface area contributed by atoms with E-state index >= 15 is 0 Å². The number of hydrogen-bond donors (Lipinski definition) is 1. The van der Waals surface area contributed by atoms with Crippen molar-refractivity contribution < 1.29 is 9.90 Å². The zero-order chi connectivity index (χ0) is 10.0. The highest BCUT2D eigenvalue weighted by molar-refractivity contribution is 7.98. The predicted octanol–water partition coefficient (Wildman–Crippen LogP) is 1.42. The minimum absolute atomic E-state index is 0.0944. The average Bonchev–Trinajstić information content (AvgIpc) is 2.31. The maximum Gasteiger partial charge on any atom is 0.309 e. The summed E-state index contributed by atoms with van der Waals surface area (Å²) in [6.07, 6.45) is 1.75. The SMILES string of the molecule is CSc1nn(C)c(CC(=O)O)c1Cl. The number of carboxylic acid groups (broad SMARTS) is 1. The first kappa shape index (κ1) is 10.4. The molecule has 1 N–H and O–H groups in total. The van der Waals surface area contributed by atoms with Crippen LogP contribution in [0.4, 0.5) is 0 Å². The van der Waals surface area contributed by atoms with Crippen LogP contribution in [0.5, 0.6) is 0 Å². The molecule has 0 saturated carbocycles. The monoisotopic (exact) mass is 220 g/mol. The summed E-state index contributed by atoms with van der Waals surface area (Å²) in [5.41, 5.74) is 0.540. The Labute approximate surface area is 84.9 Å². The third-order valence-electron chi connectivity index (χ3n) is 1.58. The maximum absolute atomic E-state index is 10.5. The van der Waals surface area contributed by atoms with E-state index in [-0.39, 0.29) is 6.42 Å². The first-order chi connectivity index (χ1) is 6.06. The van der Waals surface area contributed by atoms with E-state index in [1.165, 1.54) is 16.4 Å². The minimum Gasteiger partial charge on any atom is -0.481 e. The van der Waals surface area contributed by atoms with Crippen molar-refractivity contribution in [2.75, 3.05) is 6.26 Å². The molecule has 0 atom stereocenters. The summed E-state index contributed by atoms with van der Waals surface area (Å²) in [4.78, 5) is 10.5. The molecule has 0 radical (unpaired) electrons. The van der Waals surface area contributed by atoms with Crippen molar-refractivity contribution in [3.05, 3.63) is 10.7 Å². The van der Waals surface area contributed by atoms with Crippen molar-refractivity contribution in [2.45, 2.75) is 11.4 Å². The lowest BCUT2D eigenvalue weighted by atomic mass is 10.3. The highest BCUT2D eigenvalue weighted by Gasteiger charge is 2.15. The van der Waals surface area contributed by atoms with Gasteiger partial charge < -0.3 is 5.11 Å². The number of halogens is 1. The summed E-state index contributed by atoms with van der Waals surface area (Å²) < 4.78 is 1.50. The lowest BCUT2D eigenvalue weighted by molar-refractivity contribution is -0.136. The summed E-state index contributed by atoms with van der Waals surface area (Å²) in [6.45, 7) is 0. The maximum atomic E-state index is 10.5. The molecule has 0 saturated heterocycles. The lowest BCUT2D eigenvalue weighted by Gasteiger charge is -1.96. The van der Waals surface area contributed by atoms with Gasteiger partial charge in [0.15, 0.2) is 0 Å². The van der Waals surface area contributed by atoms with E-state index in [2.05, 4.69) is 5.10 Å². The molecular weight excluding hydrogens is 212 g/mol. The second-order valence-electron chi connectivity index (χ2n) is 2.46. The Hall–Kier alpha value is -0.680. The van der Waals surface area contributed by atoms with Crippen molar-refractivity contribution in [1.29, 1.82) is 0 Å². The van der Waals surface area contributed by atoms with Crippen molar-refractivity contribution in [3.8, 4) is 0 Å². The van der Waals surface area contributed by atoms with Gasteiger partial charge in [-0.2, -0.15) is 5.10 Å². The van der Waals surface area contributed by atoms with Crippen LogP contribution in [0, 0.1) is 0 Å². The quantitative estimate of drug-likeness (QED) is 0.783. The van der Waals surface area contributed by atoms with Gasteiger partial charge in [0.2, 0.25) is 0 Å². The molecule has 0 aliphatic rings. The Morgan fingerprint density at radius 1 is 1.77 bits per heavy atom. The summed E-state index contributed by atoms with van der Waals surface area (Å²) in [7, 11) is 1.68. The molecule has 0 bridgehead atoms. The average molecular weight is 221 g/mol. The van der Waals surface area contributed by atoms with Gasteiger partial charge in [0.05, 0.1) is 17.1 Å². The molecule has 1 rings (SSSR count). The van der Waals surface area contributed by atoms with E-state index in [9.17, 15) is 4.79 Å². The van der Waals surface area contributed by atoms with Crippen LogP contribution in [-0.4, -0.2) is 27.1 Å². The number of nitrogens with zero attached hydrogens (tertiary/aromatic N) is 2. The topological polar surface area (TPSA) is 55.1 Å². The molecule has 72 valence electrons. The fourth-order valence-electron chi connectivity index (χ4n) is 0.972. The molecule has 4 nitrogen and oxygen atoms in total. The largest absolute Gasteiger partial charge is 0.481 e. The fourth-order valence-corrected chi connectivity index (χ4v) is 1.93.